The van der Waals surface area contributed by atoms with E-state index >= 15 is 0 Å². The highest BCUT2D eigenvalue weighted by Gasteiger charge is 2.20. The van der Waals surface area contributed by atoms with Gasteiger partial charge in [-0.3, -0.25) is 4.79 Å². The van der Waals surface area contributed by atoms with Gasteiger partial charge in [-0.1, -0.05) is 0 Å². The number of fused-ring (bicyclic) bond motifs is 2. The molecule has 136 valence electrons. The number of likely N-dealkylation sites (N-methyl/N-ethyl adjacent to an activating group) is 1. The molecule has 2 aromatic carbocycles. The van der Waals surface area contributed by atoms with Gasteiger partial charge in [0, 0.05) is 50.7 Å². The van der Waals surface area contributed by atoms with Crippen molar-refractivity contribution < 1.29 is 10.2 Å². The number of anilines is 2. The molecule has 0 spiro atoms. The zero-order chi connectivity index (χ0) is 18.6. The molecule has 3 aromatic rings. The van der Waals surface area contributed by atoms with E-state index in [-0.39, 0.29) is 22.3 Å². The zero-order valence-corrected chi connectivity index (χ0v) is 14.9. The fourth-order valence-corrected chi connectivity index (χ4v) is 3.73. The number of aryl methyl sites for hydroxylation is 1. The van der Waals surface area contributed by atoms with Crippen LogP contribution in [-0.4, -0.2) is 52.9 Å². The van der Waals surface area contributed by atoms with E-state index < -0.39 is 0 Å². The van der Waals surface area contributed by atoms with Gasteiger partial charge in [0.15, 0.2) is 0 Å². The molecule has 1 saturated heterocycles. The second-order valence-electron chi connectivity index (χ2n) is 6.97. The number of rotatable bonds is 1. The van der Waals surface area contributed by atoms with Crippen LogP contribution in [0.3, 0.4) is 0 Å². The Morgan fingerprint density at radius 3 is 2.35 bits per heavy atom. The first kappa shape index (κ1) is 16.5. The standard InChI is InChI=1S/C19H22N4O3/c1-21-3-5-23(6-4-21)15-10-14-12(9-13(15)20)19(26)18-16(22(14)2)7-11(24)8-17(18)25/h7-10,24-25H,3-6,20H2,1-2H3. The number of aromatic hydroxyl groups is 2. The monoisotopic (exact) mass is 354 g/mol. The third-order valence-corrected chi connectivity index (χ3v) is 5.26. The number of nitrogens with zero attached hydrogens (tertiary/aromatic N) is 3. The number of hydrogen-bond acceptors (Lipinski definition) is 6. The van der Waals surface area contributed by atoms with Crippen molar-refractivity contribution in [3.05, 3.63) is 34.5 Å². The van der Waals surface area contributed by atoms with Gasteiger partial charge in [-0.05, 0) is 19.2 Å². The number of nitrogens with two attached hydrogens (primary N) is 1. The number of phenolic OH excluding ortho intramolecular Hbond substituents is 2. The van der Waals surface area contributed by atoms with Crippen LogP contribution in [0.2, 0.25) is 0 Å². The second-order valence-corrected chi connectivity index (χ2v) is 6.97. The van der Waals surface area contributed by atoms with E-state index in [0.717, 1.165) is 37.4 Å². The largest absolute Gasteiger partial charge is 0.508 e. The Morgan fingerprint density at radius 1 is 0.962 bits per heavy atom. The van der Waals surface area contributed by atoms with Crippen LogP contribution in [0, 0.1) is 0 Å². The number of pyridine rings is 1. The van der Waals surface area contributed by atoms with Crippen LogP contribution in [-0.2, 0) is 7.05 Å². The van der Waals surface area contributed by atoms with Crippen molar-refractivity contribution in [2.45, 2.75) is 0 Å². The number of piperazine rings is 1. The normalized spacial score (nSPS) is 15.8. The van der Waals surface area contributed by atoms with E-state index in [1.54, 1.807) is 6.07 Å². The van der Waals surface area contributed by atoms with Crippen molar-refractivity contribution in [2.75, 3.05) is 43.9 Å². The number of nitrogen functional groups attached to an aromatic ring is 1. The lowest BCUT2D eigenvalue weighted by Gasteiger charge is -2.35. The van der Waals surface area contributed by atoms with Crippen molar-refractivity contribution in [2.24, 2.45) is 7.05 Å². The Balaban J connectivity index is 2.00. The highest BCUT2D eigenvalue weighted by atomic mass is 16.3. The minimum atomic E-state index is -0.290. The molecule has 1 fully saturated rings. The van der Waals surface area contributed by atoms with Gasteiger partial charge in [-0.2, -0.15) is 0 Å². The van der Waals surface area contributed by atoms with Crippen LogP contribution in [0.4, 0.5) is 11.4 Å². The Morgan fingerprint density at radius 2 is 1.65 bits per heavy atom. The van der Waals surface area contributed by atoms with Crippen LogP contribution in [0.5, 0.6) is 11.5 Å². The van der Waals surface area contributed by atoms with Crippen molar-refractivity contribution in [1.82, 2.24) is 9.47 Å². The Kier molecular flexibility index (Phi) is 3.69. The summed E-state index contributed by atoms with van der Waals surface area (Å²) in [4.78, 5) is 17.4. The lowest BCUT2D eigenvalue weighted by atomic mass is 10.1. The van der Waals surface area contributed by atoms with E-state index in [4.69, 9.17) is 5.73 Å². The molecule has 1 aromatic heterocycles. The third kappa shape index (κ3) is 2.43. The molecular weight excluding hydrogens is 332 g/mol. The molecule has 0 saturated carbocycles. The number of phenols is 2. The van der Waals surface area contributed by atoms with Crippen LogP contribution in [0.1, 0.15) is 0 Å². The van der Waals surface area contributed by atoms with Gasteiger partial charge in [-0.25, -0.2) is 0 Å². The molecule has 0 radical (unpaired) electrons. The van der Waals surface area contributed by atoms with Crippen molar-refractivity contribution in [1.29, 1.82) is 0 Å². The van der Waals surface area contributed by atoms with Gasteiger partial charge in [0.05, 0.1) is 27.8 Å². The molecule has 7 heteroatoms. The maximum atomic E-state index is 12.9. The SMILES string of the molecule is CN1CCN(c2cc3c(cc2N)c(=O)c2c(O)cc(O)cc2n3C)CC1. The van der Waals surface area contributed by atoms with Crippen LogP contribution in [0.25, 0.3) is 21.8 Å². The van der Waals surface area contributed by atoms with Crippen LogP contribution < -0.4 is 16.1 Å². The summed E-state index contributed by atoms with van der Waals surface area (Å²) < 4.78 is 1.81. The maximum Gasteiger partial charge on any atom is 0.201 e. The molecule has 7 nitrogen and oxygen atoms in total. The molecule has 1 aliphatic heterocycles. The Hall–Kier alpha value is -2.93. The predicted molar refractivity (Wildman–Crippen MR) is 104 cm³/mol. The Labute approximate surface area is 150 Å². The molecular formula is C19H22N4O3. The van der Waals surface area contributed by atoms with E-state index in [0.29, 0.717) is 16.6 Å². The average molecular weight is 354 g/mol. The summed E-state index contributed by atoms with van der Waals surface area (Å²) in [6, 6.07) is 6.29. The molecule has 4 N–H and O–H groups in total. The first-order valence-electron chi connectivity index (χ1n) is 8.58. The summed E-state index contributed by atoms with van der Waals surface area (Å²) in [7, 11) is 3.91. The van der Waals surface area contributed by atoms with E-state index in [1.165, 1.54) is 12.1 Å². The third-order valence-electron chi connectivity index (χ3n) is 5.26. The minimum Gasteiger partial charge on any atom is -0.508 e. The predicted octanol–water partition coefficient (Wildman–Crippen LogP) is 1.44. The number of hydrogen-bond donors (Lipinski definition) is 3. The fraction of sp³-hybridized carbons (Fsp3) is 0.316. The summed E-state index contributed by atoms with van der Waals surface area (Å²) in [6.07, 6.45) is 0. The lowest BCUT2D eigenvalue weighted by Crippen LogP contribution is -2.44. The zero-order valence-electron chi connectivity index (χ0n) is 14.9. The molecule has 4 rings (SSSR count). The van der Waals surface area contributed by atoms with E-state index in [1.807, 2.05) is 17.7 Å². The summed E-state index contributed by atoms with van der Waals surface area (Å²) in [5.41, 5.74) is 8.64. The van der Waals surface area contributed by atoms with E-state index in [9.17, 15) is 15.0 Å². The molecule has 0 aliphatic carbocycles. The molecule has 26 heavy (non-hydrogen) atoms. The molecule has 0 atom stereocenters. The number of aromatic nitrogens is 1. The molecule has 0 unspecified atom stereocenters. The summed E-state index contributed by atoms with van der Waals surface area (Å²) in [5, 5.41) is 20.6. The minimum absolute atomic E-state index is 0.0842. The van der Waals surface area contributed by atoms with Gasteiger partial charge < -0.3 is 30.3 Å². The molecule has 0 amide bonds. The topological polar surface area (TPSA) is 95.0 Å². The van der Waals surface area contributed by atoms with Crippen molar-refractivity contribution in [3.63, 3.8) is 0 Å². The Bertz CT molecular complexity index is 1080. The van der Waals surface area contributed by atoms with Gasteiger partial charge in [0.25, 0.3) is 0 Å². The van der Waals surface area contributed by atoms with Crippen molar-refractivity contribution in [3.8, 4) is 11.5 Å². The molecule has 2 heterocycles. The highest BCUT2D eigenvalue weighted by molar-refractivity contribution is 6.00. The van der Waals surface area contributed by atoms with E-state index in [2.05, 4.69) is 16.8 Å². The molecule has 1 aliphatic rings. The van der Waals surface area contributed by atoms with Crippen molar-refractivity contribution >= 4 is 33.2 Å². The summed E-state index contributed by atoms with van der Waals surface area (Å²) in [5.74, 6) is -0.316. The maximum absolute atomic E-state index is 12.9. The van der Waals surface area contributed by atoms with Crippen LogP contribution >= 0.6 is 0 Å². The highest BCUT2D eigenvalue weighted by Crippen LogP contribution is 2.33. The number of benzene rings is 2. The van der Waals surface area contributed by atoms with Gasteiger partial charge >= 0.3 is 0 Å². The fourth-order valence-electron chi connectivity index (χ4n) is 3.73. The van der Waals surface area contributed by atoms with Gasteiger partial charge in [0.2, 0.25) is 5.43 Å². The quantitative estimate of drug-likeness (QED) is 0.452. The second kappa shape index (κ2) is 5.81. The van der Waals surface area contributed by atoms with Gasteiger partial charge in [0.1, 0.15) is 11.5 Å². The summed E-state index contributed by atoms with van der Waals surface area (Å²) >= 11 is 0. The first-order chi connectivity index (χ1) is 12.4. The van der Waals surface area contributed by atoms with Gasteiger partial charge in [-0.15, -0.1) is 0 Å². The van der Waals surface area contributed by atoms with Crippen LogP contribution in [0.15, 0.2) is 29.1 Å². The summed E-state index contributed by atoms with van der Waals surface area (Å²) in [6.45, 7) is 3.65. The average Bonchev–Trinajstić information content (AvgIpc) is 2.59. The lowest BCUT2D eigenvalue weighted by molar-refractivity contribution is 0.313. The smallest absolute Gasteiger partial charge is 0.201 e. The first-order valence-corrected chi connectivity index (χ1v) is 8.58. The molecule has 0 bridgehead atoms.